The zero-order chi connectivity index (χ0) is 24.2. The second kappa shape index (κ2) is 10.3. The van der Waals surface area contributed by atoms with Crippen LogP contribution >= 0.6 is 0 Å². The minimum Gasteiger partial charge on any atom is -0.361 e. The number of carbonyl (C=O) groups is 3. The molecule has 33 heavy (non-hydrogen) atoms. The number of hydrogen-bond acceptors (Lipinski definition) is 5. The first-order valence-electron chi connectivity index (χ1n) is 11.0. The molecular formula is C23H30N4O5S. The van der Waals surface area contributed by atoms with Crippen LogP contribution in [0.15, 0.2) is 29.2 Å². The number of aryl methyl sites for hydroxylation is 2. The van der Waals surface area contributed by atoms with Gasteiger partial charge in [-0.15, -0.1) is 0 Å². The Kier molecular flexibility index (Phi) is 7.70. The van der Waals surface area contributed by atoms with Crippen LogP contribution < -0.4 is 10.0 Å². The van der Waals surface area contributed by atoms with Gasteiger partial charge in [-0.3, -0.25) is 14.4 Å². The van der Waals surface area contributed by atoms with E-state index in [9.17, 15) is 22.8 Å². The topological polar surface area (TPSA) is 128 Å². The van der Waals surface area contributed by atoms with Crippen molar-refractivity contribution in [2.24, 2.45) is 0 Å². The van der Waals surface area contributed by atoms with Crippen molar-refractivity contribution in [3.05, 3.63) is 46.8 Å². The minimum atomic E-state index is -4.02. The fourth-order valence-electron chi connectivity index (χ4n) is 4.02. The van der Waals surface area contributed by atoms with Crippen molar-refractivity contribution in [2.75, 3.05) is 25.0 Å². The van der Waals surface area contributed by atoms with Crippen molar-refractivity contribution in [1.82, 2.24) is 14.6 Å². The number of aromatic nitrogens is 1. The predicted molar refractivity (Wildman–Crippen MR) is 125 cm³/mol. The van der Waals surface area contributed by atoms with Crippen molar-refractivity contribution in [3.63, 3.8) is 0 Å². The van der Waals surface area contributed by atoms with Crippen molar-refractivity contribution < 1.29 is 22.8 Å². The third-order valence-electron chi connectivity index (χ3n) is 5.64. The van der Waals surface area contributed by atoms with Gasteiger partial charge < -0.3 is 15.2 Å². The smallest absolute Gasteiger partial charge is 0.257 e. The molecule has 3 rings (SSSR count). The summed E-state index contributed by atoms with van der Waals surface area (Å²) in [7, 11) is -4.02. The summed E-state index contributed by atoms with van der Waals surface area (Å²) in [6.45, 7) is 5.82. The average Bonchev–Trinajstić information content (AvgIpc) is 3.08. The van der Waals surface area contributed by atoms with Crippen LogP contribution in [0.3, 0.4) is 0 Å². The maximum absolute atomic E-state index is 13.1. The molecule has 1 aromatic carbocycles. The van der Waals surface area contributed by atoms with E-state index in [2.05, 4.69) is 15.0 Å². The van der Waals surface area contributed by atoms with Crippen molar-refractivity contribution in [1.29, 1.82) is 0 Å². The van der Waals surface area contributed by atoms with Gasteiger partial charge in [0.1, 0.15) is 4.90 Å². The summed E-state index contributed by atoms with van der Waals surface area (Å²) in [6.07, 6.45) is 2.75. The normalized spacial score (nSPS) is 14.2. The van der Waals surface area contributed by atoms with Gasteiger partial charge in [-0.2, -0.15) is 0 Å². The van der Waals surface area contributed by atoms with E-state index in [0.717, 1.165) is 19.3 Å². The Hall–Kier alpha value is -2.98. The second-order valence-corrected chi connectivity index (χ2v) is 9.97. The summed E-state index contributed by atoms with van der Waals surface area (Å²) in [5, 5.41) is 2.66. The van der Waals surface area contributed by atoms with E-state index < -0.39 is 15.9 Å². The van der Waals surface area contributed by atoms with Crippen molar-refractivity contribution in [2.45, 2.75) is 51.3 Å². The molecule has 0 bridgehead atoms. The van der Waals surface area contributed by atoms with E-state index in [1.807, 2.05) is 0 Å². The monoisotopic (exact) mass is 474 g/mol. The molecule has 0 saturated carbocycles. The molecule has 0 radical (unpaired) electrons. The largest absolute Gasteiger partial charge is 0.361 e. The van der Waals surface area contributed by atoms with Gasteiger partial charge >= 0.3 is 0 Å². The Balaban J connectivity index is 1.67. The summed E-state index contributed by atoms with van der Waals surface area (Å²) in [5.74, 6) is -0.809. The highest BCUT2D eigenvalue weighted by Gasteiger charge is 2.31. The number of sulfonamides is 1. The average molecular weight is 475 g/mol. The fraction of sp³-hybridized carbons (Fsp3) is 0.435. The zero-order valence-corrected chi connectivity index (χ0v) is 20.0. The highest BCUT2D eigenvalue weighted by molar-refractivity contribution is 7.89. The maximum Gasteiger partial charge on any atom is 0.257 e. The van der Waals surface area contributed by atoms with E-state index >= 15 is 0 Å². The number of amides is 2. The molecular weight excluding hydrogens is 444 g/mol. The van der Waals surface area contributed by atoms with E-state index in [0.29, 0.717) is 35.7 Å². The first-order valence-corrected chi connectivity index (χ1v) is 12.5. The van der Waals surface area contributed by atoms with Crippen molar-refractivity contribution in [3.8, 4) is 0 Å². The number of nitrogens with zero attached hydrogens (tertiary/aromatic N) is 1. The number of carbonyl (C=O) groups excluding carboxylic acids is 3. The standard InChI is InChI=1S/C23H30N4O5S/c1-15-21(23(30)27-12-5-4-6-13-27)22(16(2)25-15)33(31,32)24-11-10-20(29)26-19-9-7-8-18(14-19)17(3)28/h7-9,14,24-25H,4-6,10-13H2,1-3H3,(H,26,29). The van der Waals surface area contributed by atoms with Gasteiger partial charge in [0.2, 0.25) is 15.9 Å². The lowest BCUT2D eigenvalue weighted by Crippen LogP contribution is -2.37. The summed E-state index contributed by atoms with van der Waals surface area (Å²) >= 11 is 0. The molecule has 1 aromatic heterocycles. The minimum absolute atomic E-state index is 0.0647. The molecule has 1 aliphatic rings. The number of benzene rings is 1. The highest BCUT2D eigenvalue weighted by atomic mass is 32.2. The molecule has 3 N–H and O–H groups in total. The summed E-state index contributed by atoms with van der Waals surface area (Å²) < 4.78 is 28.6. The molecule has 1 aliphatic heterocycles. The summed E-state index contributed by atoms with van der Waals surface area (Å²) in [4.78, 5) is 41.5. The van der Waals surface area contributed by atoms with Crippen LogP contribution in [-0.4, -0.2) is 55.5 Å². The SMILES string of the molecule is CC(=O)c1cccc(NC(=O)CCNS(=O)(=O)c2c(C)[nH]c(C)c2C(=O)N2CCCCC2)c1. The quantitative estimate of drug-likeness (QED) is 0.507. The predicted octanol–water partition coefficient (Wildman–Crippen LogP) is 2.77. The summed E-state index contributed by atoms with van der Waals surface area (Å²) in [5.41, 5.74) is 1.98. The number of ketones is 1. The van der Waals surface area contributed by atoms with E-state index in [1.54, 1.807) is 43.0 Å². The second-order valence-electron chi connectivity index (χ2n) is 8.26. The van der Waals surface area contributed by atoms with Gasteiger partial charge in [-0.25, -0.2) is 13.1 Å². The van der Waals surface area contributed by atoms with E-state index in [4.69, 9.17) is 0 Å². The zero-order valence-electron chi connectivity index (χ0n) is 19.2. The third-order valence-corrected chi connectivity index (χ3v) is 7.27. The molecule has 1 fully saturated rings. The fourth-order valence-corrected chi connectivity index (χ4v) is 5.50. The molecule has 9 nitrogen and oxygen atoms in total. The third kappa shape index (κ3) is 5.88. The molecule has 2 heterocycles. The van der Waals surface area contributed by atoms with Crippen LogP contribution in [0.4, 0.5) is 5.69 Å². The Morgan fingerprint density at radius 3 is 2.42 bits per heavy atom. The molecule has 2 amide bonds. The Labute approximate surface area is 194 Å². The number of piperidine rings is 1. The van der Waals surface area contributed by atoms with Crippen LogP contribution in [0.2, 0.25) is 0 Å². The van der Waals surface area contributed by atoms with Gasteiger partial charge in [-0.1, -0.05) is 12.1 Å². The number of hydrogen-bond donors (Lipinski definition) is 3. The number of nitrogens with one attached hydrogen (secondary N) is 3. The summed E-state index contributed by atoms with van der Waals surface area (Å²) in [6, 6.07) is 6.52. The lowest BCUT2D eigenvalue weighted by atomic mass is 10.1. The Bertz CT molecular complexity index is 1160. The van der Waals surface area contributed by atoms with Crippen LogP contribution in [0.25, 0.3) is 0 Å². The van der Waals surface area contributed by atoms with Gasteiger partial charge in [0.15, 0.2) is 5.78 Å². The van der Waals surface area contributed by atoms with Gasteiger partial charge in [-0.05, 0) is 52.2 Å². The number of anilines is 1. The molecule has 1 saturated heterocycles. The molecule has 0 aliphatic carbocycles. The lowest BCUT2D eigenvalue weighted by molar-refractivity contribution is -0.116. The van der Waals surface area contributed by atoms with Crippen LogP contribution in [0, 0.1) is 13.8 Å². The van der Waals surface area contributed by atoms with Gasteiger partial charge in [0.25, 0.3) is 5.91 Å². The van der Waals surface area contributed by atoms with Crippen molar-refractivity contribution >= 4 is 33.3 Å². The first kappa shape index (κ1) is 24.7. The molecule has 0 unspecified atom stereocenters. The first-order chi connectivity index (χ1) is 15.6. The molecule has 178 valence electrons. The highest BCUT2D eigenvalue weighted by Crippen LogP contribution is 2.26. The van der Waals surface area contributed by atoms with Gasteiger partial charge in [0.05, 0.1) is 5.56 Å². The molecule has 0 spiro atoms. The molecule has 0 atom stereocenters. The number of likely N-dealkylation sites (tertiary alicyclic amines) is 1. The number of rotatable bonds is 8. The lowest BCUT2D eigenvalue weighted by Gasteiger charge is -2.27. The Morgan fingerprint density at radius 2 is 1.76 bits per heavy atom. The van der Waals surface area contributed by atoms with E-state index in [-0.39, 0.29) is 35.1 Å². The van der Waals surface area contributed by atoms with Gasteiger partial charge in [0, 0.05) is 48.7 Å². The van der Waals surface area contributed by atoms with E-state index in [1.165, 1.54) is 6.92 Å². The Morgan fingerprint density at radius 1 is 1.06 bits per heavy atom. The maximum atomic E-state index is 13.1. The van der Waals surface area contributed by atoms with Crippen LogP contribution in [0.1, 0.15) is 64.7 Å². The number of H-pyrrole nitrogens is 1. The molecule has 10 heteroatoms. The van der Waals surface area contributed by atoms with Crippen LogP contribution in [0.5, 0.6) is 0 Å². The number of Topliss-reactive ketones (excluding diaryl/α,β-unsaturated/α-hetero) is 1. The van der Waals surface area contributed by atoms with Crippen LogP contribution in [-0.2, 0) is 14.8 Å². The number of aromatic amines is 1. The molecule has 2 aromatic rings.